The number of amides is 1. The minimum absolute atomic E-state index is 0. The molecule has 0 bridgehead atoms. The minimum Gasteiger partial charge on any atom is -0.356 e. The van der Waals surface area contributed by atoms with Gasteiger partial charge in [0.15, 0.2) is 5.96 Å². The molecule has 0 radical (unpaired) electrons. The van der Waals surface area contributed by atoms with Crippen LogP contribution in [-0.4, -0.2) is 43.1 Å². The normalized spacial score (nSPS) is 13.8. The first-order valence-electron chi connectivity index (χ1n) is 8.25. The number of guanidine groups is 1. The summed E-state index contributed by atoms with van der Waals surface area (Å²) in [6.45, 7) is 1.53. The van der Waals surface area contributed by atoms with Crippen molar-refractivity contribution in [2.24, 2.45) is 4.99 Å². The summed E-state index contributed by atoms with van der Waals surface area (Å²) in [4.78, 5) is 17.9. The highest BCUT2D eigenvalue weighted by atomic mass is 127. The van der Waals surface area contributed by atoms with Gasteiger partial charge in [-0.15, -0.1) is 24.0 Å². The van der Waals surface area contributed by atoms with Crippen LogP contribution in [0.2, 0.25) is 0 Å². The van der Waals surface area contributed by atoms with Gasteiger partial charge in [0.05, 0.1) is 6.42 Å². The van der Waals surface area contributed by atoms with E-state index in [1.165, 1.54) is 18.2 Å². The number of carbonyl (C=O) groups is 1. The van der Waals surface area contributed by atoms with Gasteiger partial charge in [0, 0.05) is 39.6 Å². The Morgan fingerprint density at radius 3 is 2.27 bits per heavy atom. The lowest BCUT2D eigenvalue weighted by atomic mass is 10.1. The third kappa shape index (κ3) is 7.38. The van der Waals surface area contributed by atoms with Crippen molar-refractivity contribution in [1.82, 2.24) is 15.5 Å². The van der Waals surface area contributed by atoms with Gasteiger partial charge in [-0.05, 0) is 17.5 Å². The molecular weight excluding hydrogens is 460 g/mol. The largest absolute Gasteiger partial charge is 0.390 e. The van der Waals surface area contributed by atoms with Gasteiger partial charge in [-0.25, -0.2) is 0 Å². The Morgan fingerprint density at radius 1 is 1.15 bits per heavy atom. The first-order valence-corrected chi connectivity index (χ1v) is 8.25. The summed E-state index contributed by atoms with van der Waals surface area (Å²) in [5.41, 5.74) is 2.37. The topological polar surface area (TPSA) is 56.7 Å². The number of nitrogens with one attached hydrogen (secondary N) is 2. The second kappa shape index (κ2) is 10.6. The van der Waals surface area contributed by atoms with E-state index in [1.807, 2.05) is 29.2 Å². The number of aliphatic imine (C=N–C) groups is 1. The van der Waals surface area contributed by atoms with Gasteiger partial charge in [-0.1, -0.05) is 24.3 Å². The van der Waals surface area contributed by atoms with Gasteiger partial charge in [0.1, 0.15) is 0 Å². The van der Waals surface area contributed by atoms with Gasteiger partial charge in [-0.2, -0.15) is 13.2 Å². The number of carbonyl (C=O) groups excluding carboxylic acids is 1. The van der Waals surface area contributed by atoms with Crippen LogP contribution < -0.4 is 10.6 Å². The van der Waals surface area contributed by atoms with Crippen molar-refractivity contribution < 1.29 is 18.0 Å². The third-order valence-corrected chi connectivity index (χ3v) is 3.98. The number of hydrogen-bond donors (Lipinski definition) is 2. The second-order valence-corrected chi connectivity index (χ2v) is 5.91. The van der Waals surface area contributed by atoms with Gasteiger partial charge >= 0.3 is 6.18 Å². The predicted octanol–water partition coefficient (Wildman–Crippen LogP) is 3.04. The fraction of sp³-hybridized carbons (Fsp3) is 0.529. The highest BCUT2D eigenvalue weighted by molar-refractivity contribution is 14.0. The van der Waals surface area contributed by atoms with Crippen LogP contribution in [0.4, 0.5) is 13.2 Å². The van der Waals surface area contributed by atoms with E-state index in [9.17, 15) is 18.0 Å². The van der Waals surface area contributed by atoms with Crippen LogP contribution in [0, 0.1) is 0 Å². The van der Waals surface area contributed by atoms with E-state index in [0.717, 1.165) is 0 Å². The molecule has 26 heavy (non-hydrogen) atoms. The summed E-state index contributed by atoms with van der Waals surface area (Å²) in [6.07, 6.45) is -4.13. The Bertz CT molecular complexity index is 597. The first kappa shape index (κ1) is 22.5. The molecule has 0 aliphatic carbocycles. The zero-order valence-electron chi connectivity index (χ0n) is 14.6. The summed E-state index contributed by atoms with van der Waals surface area (Å²) in [6, 6.07) is 7.99. The third-order valence-electron chi connectivity index (χ3n) is 3.98. The molecule has 0 fully saturated rings. The van der Waals surface area contributed by atoms with Gasteiger partial charge < -0.3 is 15.5 Å². The smallest absolute Gasteiger partial charge is 0.356 e. The van der Waals surface area contributed by atoms with Gasteiger partial charge in [0.2, 0.25) is 5.91 Å². The SMILES string of the molecule is CN=C(NCCCC(=O)N1Cc2ccccc2C1)NCCC(F)(F)F.I. The number of rotatable bonds is 6. The number of alkyl halides is 3. The molecule has 1 aromatic carbocycles. The lowest BCUT2D eigenvalue weighted by molar-refractivity contribution is -0.133. The number of hydrogen-bond acceptors (Lipinski definition) is 2. The van der Waals surface area contributed by atoms with Crippen molar-refractivity contribution >= 4 is 35.8 Å². The highest BCUT2D eigenvalue weighted by Crippen LogP contribution is 2.22. The lowest BCUT2D eigenvalue weighted by Gasteiger charge is -2.16. The maximum atomic E-state index is 12.2. The molecule has 1 amide bonds. The minimum atomic E-state index is -4.19. The number of benzene rings is 1. The van der Waals surface area contributed by atoms with Crippen LogP contribution >= 0.6 is 24.0 Å². The summed E-state index contributed by atoms with van der Waals surface area (Å²) >= 11 is 0. The van der Waals surface area contributed by atoms with Crippen molar-refractivity contribution in [2.45, 2.75) is 38.5 Å². The zero-order valence-corrected chi connectivity index (χ0v) is 16.9. The van der Waals surface area contributed by atoms with Crippen molar-refractivity contribution in [3.63, 3.8) is 0 Å². The summed E-state index contributed by atoms with van der Waals surface area (Å²) in [5.74, 6) is 0.392. The van der Waals surface area contributed by atoms with Crippen LogP contribution in [-0.2, 0) is 17.9 Å². The molecule has 146 valence electrons. The zero-order chi connectivity index (χ0) is 18.3. The van der Waals surface area contributed by atoms with E-state index in [1.54, 1.807) is 0 Å². The Balaban J connectivity index is 0.00000338. The summed E-state index contributed by atoms with van der Waals surface area (Å²) < 4.78 is 36.3. The quantitative estimate of drug-likeness (QED) is 0.283. The summed E-state index contributed by atoms with van der Waals surface area (Å²) in [5, 5.41) is 5.52. The van der Waals surface area contributed by atoms with Crippen molar-refractivity contribution in [3.05, 3.63) is 35.4 Å². The monoisotopic (exact) mass is 484 g/mol. The second-order valence-electron chi connectivity index (χ2n) is 5.91. The van der Waals surface area contributed by atoms with E-state index >= 15 is 0 Å². The molecule has 0 saturated carbocycles. The Hall–Kier alpha value is -1.52. The predicted molar refractivity (Wildman–Crippen MR) is 105 cm³/mol. The molecular formula is C17H24F3IN4O. The number of nitrogens with zero attached hydrogens (tertiary/aromatic N) is 2. The van der Waals surface area contributed by atoms with E-state index in [-0.39, 0.29) is 36.4 Å². The molecule has 0 saturated heterocycles. The van der Waals surface area contributed by atoms with Gasteiger partial charge in [-0.3, -0.25) is 9.79 Å². The van der Waals surface area contributed by atoms with Crippen LogP contribution in [0.25, 0.3) is 0 Å². The molecule has 1 aliphatic heterocycles. The fourth-order valence-electron chi connectivity index (χ4n) is 2.66. The molecule has 1 aromatic rings. The van der Waals surface area contributed by atoms with E-state index in [4.69, 9.17) is 0 Å². The highest BCUT2D eigenvalue weighted by Gasteiger charge is 2.26. The molecule has 0 atom stereocenters. The van der Waals surface area contributed by atoms with E-state index < -0.39 is 12.6 Å². The number of halogens is 4. The molecule has 1 heterocycles. The molecule has 9 heteroatoms. The number of fused-ring (bicyclic) bond motifs is 1. The molecule has 2 N–H and O–H groups in total. The molecule has 0 unspecified atom stereocenters. The molecule has 5 nitrogen and oxygen atoms in total. The lowest BCUT2D eigenvalue weighted by Crippen LogP contribution is -2.39. The van der Waals surface area contributed by atoms with Crippen LogP contribution in [0.15, 0.2) is 29.3 Å². The molecule has 0 spiro atoms. The first-order chi connectivity index (χ1) is 11.9. The maximum absolute atomic E-state index is 12.2. The average Bonchev–Trinajstić information content (AvgIpc) is 3.00. The maximum Gasteiger partial charge on any atom is 0.390 e. The van der Waals surface area contributed by atoms with Crippen molar-refractivity contribution in [3.8, 4) is 0 Å². The standard InChI is InChI=1S/C17H23F3N4O.HI/c1-21-16(23-10-8-17(18,19)20)22-9-4-7-15(25)24-11-13-5-2-3-6-14(13)12-24;/h2-3,5-6H,4,7-12H2,1H3,(H2,21,22,23);1H. The Labute approximate surface area is 168 Å². The molecule has 2 rings (SSSR count). The Morgan fingerprint density at radius 2 is 1.73 bits per heavy atom. The van der Waals surface area contributed by atoms with E-state index in [2.05, 4.69) is 15.6 Å². The van der Waals surface area contributed by atoms with Crippen LogP contribution in [0.1, 0.15) is 30.4 Å². The fourth-order valence-corrected chi connectivity index (χ4v) is 2.66. The molecule has 0 aromatic heterocycles. The van der Waals surface area contributed by atoms with Gasteiger partial charge in [0.25, 0.3) is 0 Å². The van der Waals surface area contributed by atoms with Crippen molar-refractivity contribution in [1.29, 1.82) is 0 Å². The van der Waals surface area contributed by atoms with Crippen LogP contribution in [0.3, 0.4) is 0 Å². The van der Waals surface area contributed by atoms with E-state index in [0.29, 0.717) is 38.4 Å². The molecule has 1 aliphatic rings. The summed E-state index contributed by atoms with van der Waals surface area (Å²) in [7, 11) is 1.50. The van der Waals surface area contributed by atoms with Crippen molar-refractivity contribution in [2.75, 3.05) is 20.1 Å². The average molecular weight is 484 g/mol. The Kier molecular flexibility index (Phi) is 9.17. The van der Waals surface area contributed by atoms with Crippen LogP contribution in [0.5, 0.6) is 0 Å².